The number of aryl methyl sites for hydroxylation is 1. The molecule has 0 bridgehead atoms. The van der Waals surface area contributed by atoms with Gasteiger partial charge in [0, 0.05) is 47.4 Å². The highest BCUT2D eigenvalue weighted by Gasteiger charge is 2.24. The van der Waals surface area contributed by atoms with Crippen LogP contribution < -0.4 is 15.0 Å². The Labute approximate surface area is 271 Å². The number of ether oxygens (including phenoxy) is 2. The molecule has 6 rings (SSSR count). The van der Waals surface area contributed by atoms with Crippen LogP contribution in [0.2, 0.25) is 5.02 Å². The maximum atomic E-state index is 13.8. The highest BCUT2D eigenvalue weighted by atomic mass is 35.5. The summed E-state index contributed by atoms with van der Waals surface area (Å²) < 4.78 is 27.1. The first kappa shape index (κ1) is 31.3. The quantitative estimate of drug-likeness (QED) is 0.204. The van der Waals surface area contributed by atoms with Crippen molar-refractivity contribution in [3.63, 3.8) is 0 Å². The fraction of sp³-hybridized carbons (Fsp3) is 0.312. The van der Waals surface area contributed by atoms with Crippen molar-refractivity contribution < 1.29 is 23.8 Å². The van der Waals surface area contributed by atoms with Crippen LogP contribution in [0, 0.1) is 18.3 Å². The molecule has 46 heavy (non-hydrogen) atoms. The fourth-order valence-corrected chi connectivity index (χ4v) is 6.87. The lowest BCUT2D eigenvalue weighted by molar-refractivity contribution is 0.0699. The Balaban J connectivity index is 1.26. The van der Waals surface area contributed by atoms with E-state index in [9.17, 15) is 24.3 Å². The normalized spacial score (nSPS) is 14.0. The van der Waals surface area contributed by atoms with Gasteiger partial charge in [-0.25, -0.2) is 19.2 Å². The second-order valence-corrected chi connectivity index (χ2v) is 12.1. The van der Waals surface area contributed by atoms with Gasteiger partial charge in [0.25, 0.3) is 5.56 Å². The smallest absolute Gasteiger partial charge is 0.338 e. The van der Waals surface area contributed by atoms with E-state index in [-0.39, 0.29) is 41.6 Å². The molecule has 11 nitrogen and oxygen atoms in total. The number of aromatic nitrogens is 4. The zero-order valence-corrected chi connectivity index (χ0v) is 26.3. The molecule has 1 aliphatic heterocycles. The number of carbonyl (C=O) groups is 1. The number of nitriles is 1. The average Bonchev–Trinajstić information content (AvgIpc) is 3.49. The van der Waals surface area contributed by atoms with Gasteiger partial charge in [0.15, 0.2) is 0 Å². The summed E-state index contributed by atoms with van der Waals surface area (Å²) in [4.78, 5) is 40.6. The average molecular weight is 663 g/mol. The molecule has 0 radical (unpaired) electrons. The second kappa shape index (κ2) is 13.4. The number of rotatable bonds is 10. The molecule has 1 saturated heterocycles. The number of carboxylic acids is 1. The molecule has 5 aromatic rings. The molecule has 14 heteroatoms. The van der Waals surface area contributed by atoms with Gasteiger partial charge in [-0.05, 0) is 44.0 Å². The van der Waals surface area contributed by atoms with E-state index < -0.39 is 18.2 Å². The molecule has 4 aromatic heterocycles. The van der Waals surface area contributed by atoms with Crippen LogP contribution in [-0.4, -0.2) is 74.5 Å². The second-order valence-electron chi connectivity index (χ2n) is 10.8. The van der Waals surface area contributed by atoms with Gasteiger partial charge in [-0.15, -0.1) is 11.3 Å². The first-order valence-electron chi connectivity index (χ1n) is 14.6. The number of halogens is 2. The fourth-order valence-electron chi connectivity index (χ4n) is 5.67. The summed E-state index contributed by atoms with van der Waals surface area (Å²) in [5, 5.41) is 21.8. The van der Waals surface area contributed by atoms with Crippen LogP contribution in [0.3, 0.4) is 0 Å². The molecule has 0 aliphatic carbocycles. The summed E-state index contributed by atoms with van der Waals surface area (Å²) in [7, 11) is 0. The molecule has 0 spiro atoms. The number of nitrogens with zero attached hydrogens (tertiary/aromatic N) is 6. The van der Waals surface area contributed by atoms with Gasteiger partial charge >= 0.3 is 5.97 Å². The minimum atomic E-state index is -1.06. The summed E-state index contributed by atoms with van der Waals surface area (Å²) >= 11 is 7.62. The van der Waals surface area contributed by atoms with Crippen molar-refractivity contribution in [1.82, 2.24) is 24.4 Å². The maximum absolute atomic E-state index is 13.8. The third-order valence-corrected chi connectivity index (χ3v) is 9.21. The van der Waals surface area contributed by atoms with Crippen molar-refractivity contribution in [2.75, 3.05) is 32.9 Å². The van der Waals surface area contributed by atoms with Crippen molar-refractivity contribution >= 4 is 50.0 Å². The van der Waals surface area contributed by atoms with E-state index >= 15 is 0 Å². The summed E-state index contributed by atoms with van der Waals surface area (Å²) in [6.07, 6.45) is 4.09. The van der Waals surface area contributed by atoms with E-state index in [0.717, 1.165) is 0 Å². The van der Waals surface area contributed by atoms with Crippen LogP contribution in [0.25, 0.3) is 32.2 Å². The predicted molar refractivity (Wildman–Crippen MR) is 172 cm³/mol. The molecule has 1 fully saturated rings. The molecular weight excluding hydrogens is 635 g/mol. The molecule has 0 atom stereocenters. The number of likely N-dealkylation sites (tertiary alicyclic amines) is 1. The van der Waals surface area contributed by atoms with Crippen molar-refractivity contribution in [2.24, 2.45) is 0 Å². The number of fused-ring (bicyclic) bond motifs is 2. The summed E-state index contributed by atoms with van der Waals surface area (Å²) in [6, 6.07) is 9.01. The number of alkyl halides is 1. The van der Waals surface area contributed by atoms with Crippen LogP contribution in [0.5, 0.6) is 11.6 Å². The third kappa shape index (κ3) is 6.11. The lowest BCUT2D eigenvalue weighted by atomic mass is 10.0. The molecule has 236 valence electrons. The van der Waals surface area contributed by atoms with Gasteiger partial charge in [0.05, 0.1) is 39.4 Å². The van der Waals surface area contributed by atoms with Crippen LogP contribution in [0.4, 0.5) is 4.39 Å². The Morgan fingerprint density at radius 3 is 2.76 bits per heavy atom. The molecule has 0 saturated carbocycles. The zero-order valence-electron chi connectivity index (χ0n) is 24.7. The Kier molecular flexibility index (Phi) is 9.12. The molecule has 0 unspecified atom stereocenters. The van der Waals surface area contributed by atoms with Crippen molar-refractivity contribution in [3.8, 4) is 28.8 Å². The van der Waals surface area contributed by atoms with E-state index in [1.54, 1.807) is 42.8 Å². The Morgan fingerprint density at radius 1 is 1.22 bits per heavy atom. The first-order valence-corrected chi connectivity index (χ1v) is 15.8. The lowest BCUT2D eigenvalue weighted by Gasteiger charge is -2.31. The van der Waals surface area contributed by atoms with Gasteiger partial charge in [0.2, 0.25) is 5.88 Å². The SMILES string of the molecule is Cc1nc2cnc(OC3CCN(CCF)CC3)c(C#N)c2c(=O)n1CCOc1ccc(Cl)cc1-c1ccnc2c(C(=O)O)csc12. The number of piperidine rings is 1. The summed E-state index contributed by atoms with van der Waals surface area (Å²) in [6.45, 7) is 3.23. The Bertz CT molecular complexity index is 2050. The van der Waals surface area contributed by atoms with Crippen LogP contribution in [0.1, 0.15) is 34.6 Å². The van der Waals surface area contributed by atoms with Gasteiger partial charge in [0.1, 0.15) is 42.6 Å². The monoisotopic (exact) mass is 662 g/mol. The number of pyridine rings is 2. The minimum Gasteiger partial charge on any atom is -0.491 e. The van der Waals surface area contributed by atoms with Crippen molar-refractivity contribution in [3.05, 3.63) is 74.4 Å². The molecule has 5 heterocycles. The number of aromatic carboxylic acids is 1. The van der Waals surface area contributed by atoms with E-state index in [0.29, 0.717) is 75.9 Å². The van der Waals surface area contributed by atoms with E-state index in [1.165, 1.54) is 22.1 Å². The highest BCUT2D eigenvalue weighted by molar-refractivity contribution is 7.18. The largest absolute Gasteiger partial charge is 0.491 e. The van der Waals surface area contributed by atoms with Crippen LogP contribution >= 0.6 is 22.9 Å². The summed E-state index contributed by atoms with van der Waals surface area (Å²) in [5.74, 6) is -0.0733. The molecular formula is C32H28ClFN6O5S. The van der Waals surface area contributed by atoms with Gasteiger partial charge in [-0.1, -0.05) is 11.6 Å². The van der Waals surface area contributed by atoms with E-state index in [1.807, 2.05) is 4.90 Å². The number of thiophene rings is 1. The van der Waals surface area contributed by atoms with Gasteiger partial charge in [-0.2, -0.15) is 5.26 Å². The lowest BCUT2D eigenvalue weighted by Crippen LogP contribution is -2.39. The topological polar surface area (TPSA) is 143 Å². The van der Waals surface area contributed by atoms with Crippen LogP contribution in [-0.2, 0) is 6.54 Å². The molecule has 1 aromatic carbocycles. The summed E-state index contributed by atoms with van der Waals surface area (Å²) in [5.41, 5.74) is 1.75. The molecule has 1 aliphatic rings. The van der Waals surface area contributed by atoms with E-state index in [4.69, 9.17) is 21.1 Å². The minimum absolute atomic E-state index is 0.0224. The van der Waals surface area contributed by atoms with Gasteiger partial charge < -0.3 is 19.5 Å². The Hall–Kier alpha value is -4.64. The third-order valence-electron chi connectivity index (χ3n) is 7.97. The number of benzene rings is 1. The standard InChI is InChI=1S/C32H28ClFN6O5S/c1-18-38-25-16-37-30(45-20-5-9-39(10-6-20)11-7-34)23(15-35)27(25)31(41)40(18)12-13-44-26-3-2-19(33)14-22(26)21-4-8-36-28-24(32(42)43)17-46-29(21)28/h2-4,8,14,16-17,20H,5-7,9-13H2,1H3,(H,42,43). The zero-order chi connectivity index (χ0) is 32.4. The molecule has 0 amide bonds. The number of hydrogen-bond donors (Lipinski definition) is 1. The van der Waals surface area contributed by atoms with Crippen LogP contribution in [0.15, 0.2) is 46.8 Å². The maximum Gasteiger partial charge on any atom is 0.338 e. The number of hydrogen-bond acceptors (Lipinski definition) is 10. The predicted octanol–water partition coefficient (Wildman–Crippen LogP) is 5.49. The number of carboxylic acid groups (broad SMARTS) is 1. The van der Waals surface area contributed by atoms with Crippen molar-refractivity contribution in [1.29, 1.82) is 5.26 Å². The highest BCUT2D eigenvalue weighted by Crippen LogP contribution is 2.39. The Morgan fingerprint density at radius 2 is 2.02 bits per heavy atom. The first-order chi connectivity index (χ1) is 22.3. The van der Waals surface area contributed by atoms with Gasteiger partial charge in [-0.3, -0.25) is 14.3 Å². The van der Waals surface area contributed by atoms with Crippen molar-refractivity contribution in [2.45, 2.75) is 32.4 Å². The molecule has 1 N–H and O–H groups in total. The van der Waals surface area contributed by atoms with E-state index in [2.05, 4.69) is 21.0 Å².